The summed E-state index contributed by atoms with van der Waals surface area (Å²) < 4.78 is 82.4. The Labute approximate surface area is 675 Å². The number of amides is 3. The van der Waals surface area contributed by atoms with Crippen LogP contribution in [0.4, 0.5) is 4.79 Å². The quantitative estimate of drug-likeness (QED) is 0.0346. The highest BCUT2D eigenvalue weighted by atomic mass is 35.5. The van der Waals surface area contributed by atoms with Crippen molar-refractivity contribution in [3.05, 3.63) is 103 Å². The summed E-state index contributed by atoms with van der Waals surface area (Å²) in [5, 5.41) is 25.6. The van der Waals surface area contributed by atoms with Crippen LogP contribution in [0.5, 0.6) is 0 Å². The molecule has 10 rings (SSSR count). The molecule has 0 unspecified atom stereocenters. The summed E-state index contributed by atoms with van der Waals surface area (Å²) in [6.07, 6.45) is 22.2. The van der Waals surface area contributed by atoms with E-state index in [0.717, 1.165) is 149 Å². The SMILES string of the molecule is CC(C)(C)OC(=O)NCc1ccc(Cl)cc1CCC(=O)[C@@H]1CCCN1C(=O)C1(NS(C)(=O)=O)CCCC1.CC1(C(=O)O)CCCC1.CCc1ccc(Cl)cc1CCC(=O)[C@@H]1CCCN1.CS(=O)(=O)NC1(C(=O)N2CCC[C@H]2C(=O)CCc2cc(Cl)ccc2CN)CCCC1.CS(=O)(=O)NC1(C(=O)O)CCCC1.ClCCl. The van der Waals surface area contributed by atoms with Crippen molar-refractivity contribution < 1.29 is 78.6 Å². The number of Topliss-reactive ketones (excluding diaryl/α,β-unsaturated/α-hetero) is 3. The zero-order valence-corrected chi connectivity index (χ0v) is 71.0. The zero-order valence-electron chi connectivity index (χ0n) is 64.8. The van der Waals surface area contributed by atoms with Gasteiger partial charge in [-0.1, -0.05) is 111 Å². The number of hydrogen-bond acceptors (Lipinski definition) is 17. The molecular formula is C77H115Cl5N8O17S3. The molecule has 110 heavy (non-hydrogen) atoms. The molecule has 618 valence electrons. The number of sulfonamides is 3. The summed E-state index contributed by atoms with van der Waals surface area (Å²) >= 11 is 27.8. The van der Waals surface area contributed by atoms with Crippen molar-refractivity contribution in [1.29, 1.82) is 0 Å². The number of aryl methyl sites for hydroxylation is 4. The van der Waals surface area contributed by atoms with Gasteiger partial charge in [-0.05, 0) is 220 Å². The van der Waals surface area contributed by atoms with Crippen molar-refractivity contribution in [1.82, 2.24) is 34.6 Å². The van der Waals surface area contributed by atoms with Crippen LogP contribution < -0.4 is 30.5 Å². The number of ether oxygens (including phenoxy) is 1. The Kier molecular flexibility index (Phi) is 37.8. The van der Waals surface area contributed by atoms with Crippen molar-refractivity contribution in [2.45, 2.75) is 274 Å². The predicted molar refractivity (Wildman–Crippen MR) is 431 cm³/mol. The summed E-state index contributed by atoms with van der Waals surface area (Å²) in [6.45, 7) is 11.8. The highest BCUT2D eigenvalue weighted by Gasteiger charge is 2.51. The van der Waals surface area contributed by atoms with Gasteiger partial charge in [0.05, 0.1) is 47.6 Å². The van der Waals surface area contributed by atoms with Crippen LogP contribution in [0.1, 0.15) is 229 Å². The number of alkyl carbamates (subject to hydrolysis) is 1. The lowest BCUT2D eigenvalue weighted by Gasteiger charge is -2.35. The second-order valence-electron chi connectivity index (χ2n) is 31.0. The number of aliphatic carboxylic acids is 2. The number of carboxylic acid groups (broad SMARTS) is 2. The number of nitrogens with zero attached hydrogens (tertiary/aromatic N) is 2. The number of nitrogens with two attached hydrogens (primary N) is 1. The van der Waals surface area contributed by atoms with Gasteiger partial charge in [0.25, 0.3) is 0 Å². The Bertz CT molecular complexity index is 3990. The number of halogens is 5. The Balaban J connectivity index is 0.000000263. The maximum absolute atomic E-state index is 13.6. The van der Waals surface area contributed by atoms with Crippen LogP contribution in [-0.2, 0) is 107 Å². The molecule has 0 spiro atoms. The van der Waals surface area contributed by atoms with E-state index in [-0.39, 0.29) is 59.6 Å². The number of likely N-dealkylation sites (tertiary alicyclic amines) is 2. The van der Waals surface area contributed by atoms with Gasteiger partial charge in [-0.3, -0.25) is 33.6 Å². The first-order valence-corrected chi connectivity index (χ1v) is 45.8. The van der Waals surface area contributed by atoms with Crippen LogP contribution in [-0.4, -0.2) is 177 Å². The molecule has 33 heteroatoms. The summed E-state index contributed by atoms with van der Waals surface area (Å²) in [7, 11) is -10.6. The third kappa shape index (κ3) is 30.3. The lowest BCUT2D eigenvalue weighted by atomic mass is 9.89. The third-order valence-corrected chi connectivity index (χ3v) is 24.0. The first-order valence-electron chi connectivity index (χ1n) is 37.9. The van der Waals surface area contributed by atoms with E-state index in [4.69, 9.17) is 78.7 Å². The topological polar surface area (TPSA) is 381 Å². The van der Waals surface area contributed by atoms with Crippen molar-refractivity contribution >= 4 is 135 Å². The number of alkyl halides is 2. The molecule has 7 aliphatic rings. The normalized spacial score (nSPS) is 20.2. The fraction of sp³-hybridized carbons (Fsp3) is 0.662. The zero-order chi connectivity index (χ0) is 82.1. The molecule has 3 atom stereocenters. The fourth-order valence-corrected chi connectivity index (χ4v) is 19.2. The largest absolute Gasteiger partial charge is 0.481 e. The predicted octanol–water partition coefficient (Wildman–Crippen LogP) is 12.0. The number of rotatable bonds is 26. The number of hydrogen-bond donors (Lipinski definition) is 8. The maximum atomic E-state index is 13.6. The molecule has 7 fully saturated rings. The molecule has 3 aromatic rings. The van der Waals surface area contributed by atoms with E-state index in [0.29, 0.717) is 113 Å². The van der Waals surface area contributed by atoms with E-state index >= 15 is 0 Å². The van der Waals surface area contributed by atoms with Crippen LogP contribution in [0.25, 0.3) is 0 Å². The molecule has 3 aliphatic heterocycles. The molecule has 3 heterocycles. The van der Waals surface area contributed by atoms with E-state index in [9.17, 15) is 63.6 Å². The van der Waals surface area contributed by atoms with Gasteiger partial charge in [-0.25, -0.2) is 30.0 Å². The van der Waals surface area contributed by atoms with Gasteiger partial charge in [-0.2, -0.15) is 14.2 Å². The van der Waals surface area contributed by atoms with Crippen molar-refractivity contribution in [2.24, 2.45) is 11.1 Å². The van der Waals surface area contributed by atoms with E-state index in [1.54, 1.807) is 48.8 Å². The first-order chi connectivity index (χ1) is 51.5. The van der Waals surface area contributed by atoms with Gasteiger partial charge in [0.1, 0.15) is 28.0 Å². The summed E-state index contributed by atoms with van der Waals surface area (Å²) in [6, 6.07) is 15.8. The van der Waals surface area contributed by atoms with Gasteiger partial charge in [0.2, 0.25) is 41.9 Å². The van der Waals surface area contributed by atoms with Gasteiger partial charge < -0.3 is 41.1 Å². The average Bonchev–Trinajstić information content (AvgIpc) is 1.64. The molecule has 4 aliphatic carbocycles. The monoisotopic (exact) mass is 1690 g/mol. The second kappa shape index (κ2) is 43.6. The number of nitrogens with one attached hydrogen (secondary N) is 5. The molecular weight excluding hydrogens is 1580 g/mol. The molecule has 9 N–H and O–H groups in total. The van der Waals surface area contributed by atoms with E-state index in [1.807, 2.05) is 37.3 Å². The fourth-order valence-electron chi connectivity index (χ4n) is 15.6. The molecule has 0 radical (unpaired) electrons. The minimum atomic E-state index is -3.59. The number of ketones is 3. The van der Waals surface area contributed by atoms with Gasteiger partial charge >= 0.3 is 18.0 Å². The number of carbonyl (C=O) groups excluding carboxylic acids is 6. The minimum absolute atomic E-state index is 0.00343. The summed E-state index contributed by atoms with van der Waals surface area (Å²) in [5.41, 5.74) is 7.34. The Morgan fingerprint density at radius 3 is 1.25 bits per heavy atom. The average molecular weight is 1700 g/mol. The molecule has 3 amide bonds. The molecule has 0 aromatic heterocycles. The van der Waals surface area contributed by atoms with E-state index < -0.39 is 82.4 Å². The van der Waals surface area contributed by atoms with Crippen LogP contribution in [0.15, 0.2) is 54.6 Å². The van der Waals surface area contributed by atoms with Crippen molar-refractivity contribution in [2.75, 3.05) is 43.7 Å². The minimum Gasteiger partial charge on any atom is -0.481 e. The van der Waals surface area contributed by atoms with Crippen LogP contribution in [0.3, 0.4) is 0 Å². The lowest BCUT2D eigenvalue weighted by molar-refractivity contribution is -0.147. The summed E-state index contributed by atoms with van der Waals surface area (Å²) in [4.78, 5) is 102. The van der Waals surface area contributed by atoms with Crippen molar-refractivity contribution in [3.63, 3.8) is 0 Å². The standard InChI is InChI=1S/C26H38ClN3O6S.C21H30ClN3O4S.C15H20ClNO.C7H13NO4S.C7H12O2.CH2Cl2/c1-25(2,3)36-24(33)28-17-19-9-11-20(27)16-18(19)10-12-22(31)21-8-7-15-30(21)23(32)26(13-5-6-14-26)29-37(4,34)35;1-30(28,29)24-21(10-2-3-11-21)20(27)25-12-4-5-18(25)19(26)9-7-15-13-17(22)8-6-16(15)14-23;1-2-11-5-7-13(16)10-12(11)6-8-15(18)14-4-3-9-17-14;1-13(11,12)8-7(6(9)10)4-2-3-5-7;1-7(6(8)9)4-2-3-5-7;2-1-3/h9,11,16,21,29H,5-8,10,12-15,17H2,1-4H3,(H,28,33);6,8,13,18,24H,2-5,7,9-12,14,23H2,1H3;5,7,10,14,17H,2-4,6,8-9H2,1H3;8H,2-5H2,1H3,(H,9,10);2-5H2,1H3,(H,8,9);1H2/t21-;18-;14-;;;/m000.../s1. The second-order valence-corrected chi connectivity index (χ2v) is 38.3. The molecule has 4 saturated carbocycles. The van der Waals surface area contributed by atoms with Crippen LogP contribution in [0, 0.1) is 5.41 Å². The molecule has 3 saturated heterocycles. The van der Waals surface area contributed by atoms with E-state index in [2.05, 4.69) is 37.8 Å². The van der Waals surface area contributed by atoms with Gasteiger partial charge in [0.15, 0.2) is 11.6 Å². The molecule has 3 aromatic carbocycles. The lowest BCUT2D eigenvalue weighted by Crippen LogP contribution is -2.59. The Hall–Kier alpha value is -5.08. The van der Waals surface area contributed by atoms with E-state index in [1.165, 1.54) is 11.1 Å². The first kappa shape index (κ1) is 95.5. The summed E-state index contributed by atoms with van der Waals surface area (Å²) in [5.74, 6) is -1.98. The Morgan fingerprint density at radius 2 is 0.891 bits per heavy atom. The van der Waals surface area contributed by atoms with Crippen molar-refractivity contribution in [3.8, 4) is 0 Å². The highest BCUT2D eigenvalue weighted by Crippen LogP contribution is 2.39. The van der Waals surface area contributed by atoms with Gasteiger partial charge in [0, 0.05) is 60.5 Å². The number of benzene rings is 3. The van der Waals surface area contributed by atoms with Crippen LogP contribution >= 0.6 is 58.0 Å². The van der Waals surface area contributed by atoms with Crippen LogP contribution in [0.2, 0.25) is 15.1 Å². The Morgan fingerprint density at radius 1 is 0.527 bits per heavy atom. The smallest absolute Gasteiger partial charge is 0.407 e. The highest BCUT2D eigenvalue weighted by molar-refractivity contribution is 7.89. The molecule has 25 nitrogen and oxygen atoms in total. The number of carbonyl (C=O) groups is 8. The molecule has 0 bridgehead atoms. The number of carboxylic acids is 2. The maximum Gasteiger partial charge on any atom is 0.407 e. The van der Waals surface area contributed by atoms with Gasteiger partial charge in [-0.15, -0.1) is 23.2 Å². The third-order valence-electron chi connectivity index (χ3n) is 21.0.